The highest BCUT2D eigenvalue weighted by molar-refractivity contribution is 6.06. The van der Waals surface area contributed by atoms with Gasteiger partial charge in [-0.15, -0.1) is 0 Å². The lowest BCUT2D eigenvalue weighted by Gasteiger charge is -2.15. The normalized spacial score (nSPS) is 11.2. The Balaban J connectivity index is 2.04. The van der Waals surface area contributed by atoms with Gasteiger partial charge in [0.1, 0.15) is 5.75 Å². The quantitative estimate of drug-likeness (QED) is 0.599. The molecule has 2 rings (SSSR count). The maximum Gasteiger partial charge on any atom is 0.185 e. The van der Waals surface area contributed by atoms with Crippen LogP contribution >= 0.6 is 0 Å². The first-order chi connectivity index (χ1) is 11.6. The topological polar surface area (TPSA) is 49.8 Å². The molecule has 0 amide bonds. The van der Waals surface area contributed by atoms with E-state index in [9.17, 15) is 4.79 Å². The summed E-state index contributed by atoms with van der Waals surface area (Å²) >= 11 is 0. The molecule has 0 aliphatic heterocycles. The standard InChI is InChI=1S/C20H23NO3/c1-21(12-13-22)15-17-4-3-5-18(14-17)20(23)11-8-16-6-9-19(24-2)10-7-16/h3-11,14,22H,12-13,15H2,1-2H3/b11-8+. The van der Waals surface area contributed by atoms with Crippen molar-refractivity contribution in [3.63, 3.8) is 0 Å². The lowest BCUT2D eigenvalue weighted by atomic mass is 10.1. The van der Waals surface area contributed by atoms with E-state index in [1.54, 1.807) is 19.3 Å². The van der Waals surface area contributed by atoms with Crippen LogP contribution in [0.4, 0.5) is 0 Å². The summed E-state index contributed by atoms with van der Waals surface area (Å²) in [6, 6.07) is 15.1. The van der Waals surface area contributed by atoms with Crippen LogP contribution < -0.4 is 4.74 Å². The smallest absolute Gasteiger partial charge is 0.185 e. The molecule has 0 saturated heterocycles. The van der Waals surface area contributed by atoms with Crippen LogP contribution in [0, 0.1) is 0 Å². The molecule has 2 aromatic carbocycles. The fourth-order valence-electron chi connectivity index (χ4n) is 2.37. The van der Waals surface area contributed by atoms with E-state index < -0.39 is 0 Å². The minimum absolute atomic E-state index is 0.0301. The van der Waals surface area contributed by atoms with E-state index in [4.69, 9.17) is 9.84 Å². The van der Waals surface area contributed by atoms with Gasteiger partial charge in [0, 0.05) is 18.7 Å². The molecule has 0 aliphatic rings. The number of methoxy groups -OCH3 is 1. The molecule has 1 N–H and O–H groups in total. The highest BCUT2D eigenvalue weighted by Crippen LogP contribution is 2.13. The van der Waals surface area contributed by atoms with Crippen molar-refractivity contribution in [2.75, 3.05) is 27.3 Å². The van der Waals surface area contributed by atoms with Gasteiger partial charge < -0.3 is 9.84 Å². The van der Waals surface area contributed by atoms with E-state index in [2.05, 4.69) is 0 Å². The second-order valence-corrected chi connectivity index (χ2v) is 5.63. The number of aliphatic hydroxyl groups is 1. The first kappa shape index (κ1) is 17.9. The van der Waals surface area contributed by atoms with E-state index in [0.717, 1.165) is 16.9 Å². The molecule has 0 spiro atoms. The largest absolute Gasteiger partial charge is 0.497 e. The van der Waals surface area contributed by atoms with Crippen molar-refractivity contribution in [3.8, 4) is 5.75 Å². The highest BCUT2D eigenvalue weighted by Gasteiger charge is 2.05. The van der Waals surface area contributed by atoms with Crippen molar-refractivity contribution in [2.45, 2.75) is 6.54 Å². The number of ketones is 1. The number of allylic oxidation sites excluding steroid dienone is 1. The van der Waals surface area contributed by atoms with Crippen LogP contribution in [0.3, 0.4) is 0 Å². The summed E-state index contributed by atoms with van der Waals surface area (Å²) in [5.41, 5.74) is 2.66. The molecule has 4 nitrogen and oxygen atoms in total. The third kappa shape index (κ3) is 5.33. The number of benzene rings is 2. The van der Waals surface area contributed by atoms with Gasteiger partial charge >= 0.3 is 0 Å². The molecule has 2 aromatic rings. The van der Waals surface area contributed by atoms with Gasteiger partial charge in [-0.25, -0.2) is 0 Å². The highest BCUT2D eigenvalue weighted by atomic mass is 16.5. The summed E-state index contributed by atoms with van der Waals surface area (Å²) in [5.74, 6) is 0.760. The third-order valence-corrected chi connectivity index (χ3v) is 3.69. The van der Waals surface area contributed by atoms with Crippen LogP contribution in [0.15, 0.2) is 54.6 Å². The zero-order valence-electron chi connectivity index (χ0n) is 14.1. The second kappa shape index (κ2) is 9.01. The van der Waals surface area contributed by atoms with Crippen LogP contribution in [-0.2, 0) is 6.54 Å². The maximum atomic E-state index is 12.3. The molecular formula is C20H23NO3. The van der Waals surface area contributed by atoms with Crippen LogP contribution in [-0.4, -0.2) is 43.1 Å². The Morgan fingerprint density at radius 2 is 1.96 bits per heavy atom. The summed E-state index contributed by atoms with van der Waals surface area (Å²) < 4.78 is 5.12. The summed E-state index contributed by atoms with van der Waals surface area (Å²) in [6.45, 7) is 1.43. The Hall–Kier alpha value is -2.43. The number of hydrogen-bond acceptors (Lipinski definition) is 4. The third-order valence-electron chi connectivity index (χ3n) is 3.69. The molecule has 24 heavy (non-hydrogen) atoms. The number of carbonyl (C=O) groups excluding carboxylic acids is 1. The van der Waals surface area contributed by atoms with Crippen LogP contribution in [0.25, 0.3) is 6.08 Å². The fourth-order valence-corrected chi connectivity index (χ4v) is 2.37. The molecule has 0 atom stereocenters. The van der Waals surface area contributed by atoms with Crippen LogP contribution in [0.2, 0.25) is 0 Å². The number of carbonyl (C=O) groups is 1. The maximum absolute atomic E-state index is 12.3. The van der Waals surface area contributed by atoms with Crippen LogP contribution in [0.5, 0.6) is 5.75 Å². The van der Waals surface area contributed by atoms with Crippen molar-refractivity contribution in [3.05, 3.63) is 71.3 Å². The number of rotatable bonds is 8. The Kier molecular flexibility index (Phi) is 6.73. The van der Waals surface area contributed by atoms with E-state index in [0.29, 0.717) is 18.7 Å². The number of hydrogen-bond donors (Lipinski definition) is 1. The Bertz CT molecular complexity index is 692. The Morgan fingerprint density at radius 1 is 1.21 bits per heavy atom. The molecule has 0 saturated carbocycles. The average molecular weight is 325 g/mol. The molecule has 0 fully saturated rings. The van der Waals surface area contributed by atoms with Gasteiger partial charge in [-0.05, 0) is 42.4 Å². The summed E-state index contributed by atoms with van der Waals surface area (Å²) in [4.78, 5) is 14.4. The monoisotopic (exact) mass is 325 g/mol. The van der Waals surface area contributed by atoms with Crippen molar-refractivity contribution in [2.24, 2.45) is 0 Å². The predicted octanol–water partition coefficient (Wildman–Crippen LogP) is 3.02. The van der Waals surface area contributed by atoms with E-state index >= 15 is 0 Å². The van der Waals surface area contributed by atoms with Gasteiger partial charge in [-0.1, -0.05) is 36.4 Å². The average Bonchev–Trinajstić information content (AvgIpc) is 2.60. The number of likely N-dealkylation sites (N-methyl/N-ethyl adjacent to an activating group) is 1. The SMILES string of the molecule is COc1ccc(/C=C/C(=O)c2cccc(CN(C)CCO)c2)cc1. The molecule has 0 radical (unpaired) electrons. The van der Waals surface area contributed by atoms with Crippen molar-refractivity contribution < 1.29 is 14.6 Å². The second-order valence-electron chi connectivity index (χ2n) is 5.63. The Labute approximate surface area is 143 Å². The van der Waals surface area contributed by atoms with Gasteiger partial charge in [0.05, 0.1) is 13.7 Å². The molecule has 4 heteroatoms. The predicted molar refractivity (Wildman–Crippen MR) is 96.2 cm³/mol. The minimum Gasteiger partial charge on any atom is -0.497 e. The summed E-state index contributed by atoms with van der Waals surface area (Å²) in [7, 11) is 3.56. The summed E-state index contributed by atoms with van der Waals surface area (Å²) in [6.07, 6.45) is 3.38. The molecule has 0 aliphatic carbocycles. The lowest BCUT2D eigenvalue weighted by Crippen LogP contribution is -2.21. The van der Waals surface area contributed by atoms with E-state index in [1.807, 2.05) is 60.5 Å². The van der Waals surface area contributed by atoms with Gasteiger partial charge in [-0.3, -0.25) is 9.69 Å². The fraction of sp³-hybridized carbons (Fsp3) is 0.250. The minimum atomic E-state index is -0.0301. The first-order valence-corrected chi connectivity index (χ1v) is 7.87. The van der Waals surface area contributed by atoms with Gasteiger partial charge in [0.15, 0.2) is 5.78 Å². The van der Waals surface area contributed by atoms with Crippen molar-refractivity contribution >= 4 is 11.9 Å². The summed E-state index contributed by atoms with van der Waals surface area (Å²) in [5, 5.41) is 8.96. The van der Waals surface area contributed by atoms with Crippen molar-refractivity contribution in [1.29, 1.82) is 0 Å². The number of aliphatic hydroxyl groups excluding tert-OH is 1. The molecule has 0 unspecified atom stereocenters. The number of nitrogens with zero attached hydrogens (tertiary/aromatic N) is 1. The first-order valence-electron chi connectivity index (χ1n) is 7.87. The molecular weight excluding hydrogens is 302 g/mol. The molecule has 0 heterocycles. The van der Waals surface area contributed by atoms with E-state index in [1.165, 1.54) is 0 Å². The number of ether oxygens (including phenoxy) is 1. The zero-order chi connectivity index (χ0) is 17.4. The lowest BCUT2D eigenvalue weighted by molar-refractivity contribution is 0.104. The molecule has 126 valence electrons. The molecule has 0 aromatic heterocycles. The zero-order valence-corrected chi connectivity index (χ0v) is 14.1. The van der Waals surface area contributed by atoms with Crippen molar-refractivity contribution in [1.82, 2.24) is 4.90 Å². The van der Waals surface area contributed by atoms with Gasteiger partial charge in [0.2, 0.25) is 0 Å². The Morgan fingerprint density at radius 3 is 2.62 bits per heavy atom. The van der Waals surface area contributed by atoms with E-state index in [-0.39, 0.29) is 12.4 Å². The van der Waals surface area contributed by atoms with Crippen LogP contribution in [0.1, 0.15) is 21.5 Å². The van der Waals surface area contributed by atoms with Gasteiger partial charge in [0.25, 0.3) is 0 Å². The molecule has 0 bridgehead atoms. The van der Waals surface area contributed by atoms with Gasteiger partial charge in [-0.2, -0.15) is 0 Å².